The second kappa shape index (κ2) is 6.54. The molecule has 0 aliphatic rings. The maximum atomic E-state index is 11.7. The summed E-state index contributed by atoms with van der Waals surface area (Å²) in [5.41, 5.74) is 1.80. The molecule has 1 aromatic rings. The second-order valence-electron chi connectivity index (χ2n) is 4.42. The molecule has 0 spiro atoms. The molecule has 98 valence electrons. The van der Waals surface area contributed by atoms with E-state index in [0.29, 0.717) is 5.69 Å². The lowest BCUT2D eigenvalue weighted by atomic mass is 10.0. The molecule has 1 rings (SSSR count). The summed E-state index contributed by atoms with van der Waals surface area (Å²) in [6.45, 7) is 3.71. The minimum absolute atomic E-state index is 0.00497. The number of carbonyl (C=O) groups excluding carboxylic acids is 1. The first-order valence-corrected chi connectivity index (χ1v) is 6.45. The summed E-state index contributed by atoms with van der Waals surface area (Å²) in [6.07, 6.45) is 0.211. The summed E-state index contributed by atoms with van der Waals surface area (Å²) >= 11 is 3.39. The van der Waals surface area contributed by atoms with Crippen LogP contribution >= 0.6 is 15.9 Å². The van der Waals surface area contributed by atoms with Crippen molar-refractivity contribution in [3.63, 3.8) is 0 Å². The Hall–Kier alpha value is -1.36. The van der Waals surface area contributed by atoms with Gasteiger partial charge in [-0.1, -0.05) is 28.9 Å². The molecule has 0 fully saturated rings. The molecule has 5 heteroatoms. The molecule has 0 radical (unpaired) electrons. The van der Waals surface area contributed by atoms with Crippen LogP contribution in [0.3, 0.4) is 0 Å². The van der Waals surface area contributed by atoms with Crippen LogP contribution in [0.1, 0.15) is 25.3 Å². The van der Waals surface area contributed by atoms with Gasteiger partial charge in [-0.2, -0.15) is 0 Å². The number of nitrogens with one attached hydrogen (secondary N) is 1. The molecule has 0 heterocycles. The number of benzene rings is 1. The van der Waals surface area contributed by atoms with Gasteiger partial charge in [-0.25, -0.2) is 0 Å². The second-order valence-corrected chi connectivity index (χ2v) is 5.27. The lowest BCUT2D eigenvalue weighted by Gasteiger charge is -2.10. The van der Waals surface area contributed by atoms with Gasteiger partial charge in [0.25, 0.3) is 0 Å². The number of aliphatic carboxylic acids is 1. The third-order valence-electron chi connectivity index (χ3n) is 2.51. The number of carbonyl (C=O) groups is 2. The number of hydrogen-bond donors (Lipinski definition) is 2. The first-order chi connectivity index (χ1) is 8.38. The number of halogens is 1. The average Bonchev–Trinajstić information content (AvgIpc) is 2.21. The molecular formula is C13H16BrNO3. The zero-order chi connectivity index (χ0) is 13.7. The van der Waals surface area contributed by atoms with Crippen molar-refractivity contribution in [2.24, 2.45) is 5.92 Å². The van der Waals surface area contributed by atoms with E-state index in [-0.39, 0.29) is 24.7 Å². The highest BCUT2D eigenvalue weighted by atomic mass is 79.9. The zero-order valence-electron chi connectivity index (χ0n) is 10.4. The van der Waals surface area contributed by atoms with Crippen molar-refractivity contribution in [3.8, 4) is 0 Å². The Bertz CT molecular complexity index is 460. The van der Waals surface area contributed by atoms with Crippen molar-refractivity contribution in [3.05, 3.63) is 28.2 Å². The molecule has 18 heavy (non-hydrogen) atoms. The Morgan fingerprint density at radius 1 is 1.39 bits per heavy atom. The van der Waals surface area contributed by atoms with Crippen molar-refractivity contribution >= 4 is 33.5 Å². The molecule has 0 aliphatic carbocycles. The molecule has 0 saturated heterocycles. The Labute approximate surface area is 115 Å². The maximum Gasteiger partial charge on any atom is 0.303 e. The van der Waals surface area contributed by atoms with Crippen LogP contribution in [0.15, 0.2) is 22.7 Å². The first-order valence-electron chi connectivity index (χ1n) is 5.66. The minimum Gasteiger partial charge on any atom is -0.481 e. The van der Waals surface area contributed by atoms with Gasteiger partial charge >= 0.3 is 5.97 Å². The van der Waals surface area contributed by atoms with Crippen molar-refractivity contribution < 1.29 is 14.7 Å². The van der Waals surface area contributed by atoms with Gasteiger partial charge in [0.1, 0.15) is 0 Å². The Kier molecular flexibility index (Phi) is 5.34. The fraction of sp³-hybridized carbons (Fsp3) is 0.385. The number of anilines is 1. The van der Waals surface area contributed by atoms with E-state index >= 15 is 0 Å². The topological polar surface area (TPSA) is 66.4 Å². The smallest absolute Gasteiger partial charge is 0.303 e. The van der Waals surface area contributed by atoms with Crippen molar-refractivity contribution in [2.75, 3.05) is 5.32 Å². The highest BCUT2D eigenvalue weighted by Gasteiger charge is 2.12. The minimum atomic E-state index is -0.881. The molecule has 1 aromatic carbocycles. The summed E-state index contributed by atoms with van der Waals surface area (Å²) in [5, 5.41) is 11.4. The number of rotatable bonds is 5. The van der Waals surface area contributed by atoms with Crippen LogP contribution in [-0.2, 0) is 9.59 Å². The molecule has 4 nitrogen and oxygen atoms in total. The van der Waals surface area contributed by atoms with Crippen LogP contribution in [0.5, 0.6) is 0 Å². The predicted molar refractivity (Wildman–Crippen MR) is 73.5 cm³/mol. The van der Waals surface area contributed by atoms with Crippen LogP contribution in [0.4, 0.5) is 5.69 Å². The summed E-state index contributed by atoms with van der Waals surface area (Å²) < 4.78 is 0.930. The van der Waals surface area contributed by atoms with Crippen LogP contribution in [0.2, 0.25) is 0 Å². The Morgan fingerprint density at radius 3 is 2.61 bits per heavy atom. The van der Waals surface area contributed by atoms with E-state index < -0.39 is 5.97 Å². The molecule has 1 atom stereocenters. The number of aryl methyl sites for hydroxylation is 1. The van der Waals surface area contributed by atoms with Crippen molar-refractivity contribution in [2.45, 2.75) is 26.7 Å². The highest BCUT2D eigenvalue weighted by Crippen LogP contribution is 2.21. The summed E-state index contributed by atoms with van der Waals surface area (Å²) in [5.74, 6) is -1.22. The average molecular weight is 314 g/mol. The molecule has 0 aromatic heterocycles. The van der Waals surface area contributed by atoms with E-state index in [1.165, 1.54) is 0 Å². The number of carboxylic acid groups (broad SMARTS) is 1. The van der Waals surface area contributed by atoms with Crippen LogP contribution in [-0.4, -0.2) is 17.0 Å². The first kappa shape index (κ1) is 14.7. The van der Waals surface area contributed by atoms with Gasteiger partial charge in [-0.05, 0) is 30.5 Å². The monoisotopic (exact) mass is 313 g/mol. The SMILES string of the molecule is Cc1ccc(NC(=O)CC(C)CC(=O)O)cc1Br. The van der Waals surface area contributed by atoms with Gasteiger partial charge in [0.2, 0.25) is 5.91 Å². The van der Waals surface area contributed by atoms with Gasteiger partial charge in [-0.3, -0.25) is 9.59 Å². The van der Waals surface area contributed by atoms with Gasteiger partial charge in [0, 0.05) is 23.0 Å². The standard InChI is InChI=1S/C13H16BrNO3/c1-8(6-13(17)18)5-12(16)15-10-4-3-9(2)11(14)7-10/h3-4,7-8H,5-6H2,1-2H3,(H,15,16)(H,17,18). The van der Waals surface area contributed by atoms with Crippen LogP contribution in [0, 0.1) is 12.8 Å². The van der Waals surface area contributed by atoms with E-state index in [1.54, 1.807) is 6.92 Å². The van der Waals surface area contributed by atoms with E-state index in [4.69, 9.17) is 5.11 Å². The van der Waals surface area contributed by atoms with Gasteiger partial charge in [0.15, 0.2) is 0 Å². The number of carboxylic acids is 1. The zero-order valence-corrected chi connectivity index (χ0v) is 12.0. The summed E-state index contributed by atoms with van der Waals surface area (Å²) in [7, 11) is 0. The normalized spacial score (nSPS) is 11.9. The fourth-order valence-corrected chi connectivity index (χ4v) is 1.95. The molecule has 0 aliphatic heterocycles. The van der Waals surface area contributed by atoms with Crippen molar-refractivity contribution in [1.29, 1.82) is 0 Å². The van der Waals surface area contributed by atoms with Crippen LogP contribution in [0.25, 0.3) is 0 Å². The molecule has 0 bridgehead atoms. The Morgan fingerprint density at radius 2 is 2.06 bits per heavy atom. The summed E-state index contributed by atoms with van der Waals surface area (Å²) in [6, 6.07) is 5.55. The van der Waals surface area contributed by atoms with Crippen molar-refractivity contribution in [1.82, 2.24) is 0 Å². The Balaban J connectivity index is 2.54. The van der Waals surface area contributed by atoms with Crippen LogP contribution < -0.4 is 5.32 Å². The van der Waals surface area contributed by atoms with E-state index in [0.717, 1.165) is 10.0 Å². The quantitative estimate of drug-likeness (QED) is 0.877. The van der Waals surface area contributed by atoms with E-state index in [2.05, 4.69) is 21.2 Å². The molecule has 0 saturated carbocycles. The highest BCUT2D eigenvalue weighted by molar-refractivity contribution is 9.10. The predicted octanol–water partition coefficient (Wildman–Crippen LogP) is 3.20. The lowest BCUT2D eigenvalue weighted by molar-refractivity contribution is -0.138. The summed E-state index contributed by atoms with van der Waals surface area (Å²) in [4.78, 5) is 22.2. The largest absolute Gasteiger partial charge is 0.481 e. The van der Waals surface area contributed by atoms with E-state index in [9.17, 15) is 9.59 Å². The third-order valence-corrected chi connectivity index (χ3v) is 3.37. The number of hydrogen-bond acceptors (Lipinski definition) is 2. The molecular weight excluding hydrogens is 298 g/mol. The van der Waals surface area contributed by atoms with Gasteiger partial charge in [0.05, 0.1) is 0 Å². The van der Waals surface area contributed by atoms with Gasteiger partial charge in [-0.15, -0.1) is 0 Å². The van der Waals surface area contributed by atoms with Gasteiger partial charge < -0.3 is 10.4 Å². The fourth-order valence-electron chi connectivity index (χ4n) is 1.57. The number of amides is 1. The molecule has 2 N–H and O–H groups in total. The van der Waals surface area contributed by atoms with E-state index in [1.807, 2.05) is 25.1 Å². The molecule has 1 amide bonds. The molecule has 1 unspecified atom stereocenters. The third kappa shape index (κ3) is 4.87. The maximum absolute atomic E-state index is 11.7. The lowest BCUT2D eigenvalue weighted by Crippen LogP contribution is -2.16.